The molecular weight excluding hydrogens is 309 g/mol. The summed E-state index contributed by atoms with van der Waals surface area (Å²) < 4.78 is 17.1. The summed E-state index contributed by atoms with van der Waals surface area (Å²) >= 11 is 5.92. The fourth-order valence-electron chi connectivity index (χ4n) is 1.72. The van der Waals surface area contributed by atoms with Crippen molar-refractivity contribution in [1.82, 2.24) is 19.5 Å². The van der Waals surface area contributed by atoms with Gasteiger partial charge >= 0.3 is 8.60 Å². The molecule has 11 heteroatoms. The van der Waals surface area contributed by atoms with Gasteiger partial charge < -0.3 is 24.4 Å². The van der Waals surface area contributed by atoms with Gasteiger partial charge in [0.2, 0.25) is 5.95 Å². The number of nitrogen functional groups attached to an aromatic ring is 1. The van der Waals surface area contributed by atoms with Gasteiger partial charge in [0.25, 0.3) is 0 Å². The maximum absolute atomic E-state index is 9.09. The highest BCUT2D eigenvalue weighted by molar-refractivity contribution is 7.40. The van der Waals surface area contributed by atoms with Crippen LogP contribution in [0.1, 0.15) is 0 Å². The van der Waals surface area contributed by atoms with E-state index in [0.717, 1.165) is 0 Å². The molecule has 0 amide bonds. The zero-order valence-electron chi connectivity index (χ0n) is 10.1. The molecule has 0 radical (unpaired) electrons. The van der Waals surface area contributed by atoms with Crippen LogP contribution in [-0.2, 0) is 20.5 Å². The van der Waals surface area contributed by atoms with Crippen LogP contribution in [-0.4, -0.2) is 43.7 Å². The Labute approximate surface area is 119 Å². The molecular formula is C9H11ClN5O4P. The van der Waals surface area contributed by atoms with E-state index in [1.54, 1.807) is 4.57 Å². The van der Waals surface area contributed by atoms with Crippen LogP contribution < -0.4 is 5.73 Å². The van der Waals surface area contributed by atoms with Gasteiger partial charge in [-0.15, -0.1) is 0 Å². The molecule has 1 saturated heterocycles. The van der Waals surface area contributed by atoms with Crippen LogP contribution in [0, 0.1) is 0 Å². The summed E-state index contributed by atoms with van der Waals surface area (Å²) in [6.45, 7) is 0.799. The van der Waals surface area contributed by atoms with E-state index in [4.69, 9.17) is 36.0 Å². The molecule has 2 unspecified atom stereocenters. The first-order chi connectivity index (χ1) is 9.63. The Hall–Kier alpha value is -1.09. The highest BCUT2D eigenvalue weighted by Crippen LogP contribution is 2.40. The summed E-state index contributed by atoms with van der Waals surface area (Å²) in [5.74, 6) is 0.0719. The van der Waals surface area contributed by atoms with Crippen molar-refractivity contribution in [3.05, 3.63) is 11.5 Å². The second-order valence-corrected chi connectivity index (χ2v) is 5.32. The largest absolute Gasteiger partial charge is 0.368 e. The van der Waals surface area contributed by atoms with Crippen molar-refractivity contribution < 1.29 is 18.7 Å². The lowest BCUT2D eigenvalue weighted by Crippen LogP contribution is -2.18. The molecule has 0 aliphatic carbocycles. The maximum Gasteiger partial charge on any atom is 0.330 e. The van der Waals surface area contributed by atoms with Crippen molar-refractivity contribution in [3.8, 4) is 0 Å². The second-order valence-electron chi connectivity index (χ2n) is 4.02. The molecule has 20 heavy (non-hydrogen) atoms. The van der Waals surface area contributed by atoms with Crippen LogP contribution in [0.4, 0.5) is 5.95 Å². The van der Waals surface area contributed by atoms with Crippen molar-refractivity contribution in [3.63, 3.8) is 0 Å². The van der Waals surface area contributed by atoms with Crippen molar-refractivity contribution in [2.75, 3.05) is 18.9 Å². The van der Waals surface area contributed by atoms with Crippen LogP contribution >= 0.6 is 20.2 Å². The highest BCUT2D eigenvalue weighted by atomic mass is 35.5. The quantitative estimate of drug-likeness (QED) is 0.623. The van der Waals surface area contributed by atoms with Crippen LogP contribution in [0.3, 0.4) is 0 Å². The molecule has 3 heterocycles. The monoisotopic (exact) mass is 319 g/mol. The number of hydrogen-bond donors (Lipinski definition) is 2. The smallest absolute Gasteiger partial charge is 0.330 e. The molecule has 2 aromatic heterocycles. The molecule has 3 rings (SSSR count). The Balaban J connectivity index is 1.66. The zero-order chi connectivity index (χ0) is 14.1. The lowest BCUT2D eigenvalue weighted by molar-refractivity contribution is 0.0241. The first kappa shape index (κ1) is 13.9. The van der Waals surface area contributed by atoms with Gasteiger partial charge in [0, 0.05) is 0 Å². The highest BCUT2D eigenvalue weighted by Gasteiger charge is 2.25. The zero-order valence-corrected chi connectivity index (χ0v) is 11.8. The number of halogens is 1. The Kier molecular flexibility index (Phi) is 3.97. The van der Waals surface area contributed by atoms with E-state index in [9.17, 15) is 0 Å². The SMILES string of the molecule is Nc1nc(Cl)c2ncn(COCC3COP(O)O3)c2n1. The second kappa shape index (κ2) is 5.72. The molecule has 2 atom stereocenters. The van der Waals surface area contributed by atoms with Gasteiger partial charge in [0.1, 0.15) is 18.4 Å². The molecule has 0 spiro atoms. The summed E-state index contributed by atoms with van der Waals surface area (Å²) in [6, 6.07) is 0. The predicted molar refractivity (Wildman–Crippen MR) is 70.7 cm³/mol. The lowest BCUT2D eigenvalue weighted by atomic mass is 10.4. The van der Waals surface area contributed by atoms with E-state index < -0.39 is 8.60 Å². The fraction of sp³-hybridized carbons (Fsp3) is 0.444. The summed E-state index contributed by atoms with van der Waals surface area (Å²) in [4.78, 5) is 21.1. The Morgan fingerprint density at radius 2 is 2.45 bits per heavy atom. The third-order valence-electron chi connectivity index (χ3n) is 2.58. The van der Waals surface area contributed by atoms with Gasteiger partial charge in [-0.25, -0.2) is 4.98 Å². The van der Waals surface area contributed by atoms with Gasteiger partial charge in [-0.2, -0.15) is 9.97 Å². The van der Waals surface area contributed by atoms with Crippen molar-refractivity contribution in [2.45, 2.75) is 12.8 Å². The van der Waals surface area contributed by atoms with Gasteiger partial charge in [0.15, 0.2) is 10.8 Å². The molecule has 108 valence electrons. The molecule has 0 saturated carbocycles. The van der Waals surface area contributed by atoms with E-state index >= 15 is 0 Å². The van der Waals surface area contributed by atoms with Gasteiger partial charge in [0.05, 0.1) is 19.5 Å². The summed E-state index contributed by atoms with van der Waals surface area (Å²) in [5.41, 5.74) is 6.50. The standard InChI is InChI=1S/C9H11ClN5O4P/c10-7-6-8(14-9(11)13-7)15(3-12-6)4-17-1-5-2-18-20(16)19-5/h3,5,16H,1-2,4H2,(H2,11,13,14). The molecule has 3 N–H and O–H groups in total. The molecule has 0 aromatic carbocycles. The number of nitrogens with two attached hydrogens (primary N) is 1. The fourth-order valence-corrected chi connectivity index (χ4v) is 2.67. The molecule has 1 aliphatic heterocycles. The number of ether oxygens (including phenoxy) is 1. The van der Waals surface area contributed by atoms with E-state index in [0.29, 0.717) is 17.8 Å². The van der Waals surface area contributed by atoms with Gasteiger partial charge in [-0.1, -0.05) is 11.6 Å². The molecule has 1 fully saturated rings. The number of hydrogen-bond acceptors (Lipinski definition) is 8. The van der Waals surface area contributed by atoms with Crippen LogP contribution in [0.5, 0.6) is 0 Å². The minimum Gasteiger partial charge on any atom is -0.368 e. The minimum atomic E-state index is -1.76. The predicted octanol–water partition coefficient (Wildman–Crippen LogP) is 0.671. The normalized spacial score (nSPS) is 22.7. The van der Waals surface area contributed by atoms with Gasteiger partial charge in [-0.05, 0) is 0 Å². The summed E-state index contributed by atoms with van der Waals surface area (Å²) in [6.07, 6.45) is 1.26. The van der Waals surface area contributed by atoms with Crippen molar-refractivity contribution >= 4 is 37.3 Å². The summed E-state index contributed by atoms with van der Waals surface area (Å²) in [7, 11) is -1.76. The average Bonchev–Trinajstić information content (AvgIpc) is 2.97. The van der Waals surface area contributed by atoms with Crippen LogP contribution in [0.25, 0.3) is 11.2 Å². The number of imidazole rings is 1. The van der Waals surface area contributed by atoms with E-state index in [1.807, 2.05) is 0 Å². The maximum atomic E-state index is 9.09. The Bertz CT molecular complexity index is 626. The van der Waals surface area contributed by atoms with E-state index in [1.165, 1.54) is 6.33 Å². The average molecular weight is 320 g/mol. The number of anilines is 1. The molecule has 1 aliphatic rings. The van der Waals surface area contributed by atoms with Gasteiger partial charge in [-0.3, -0.25) is 4.57 Å². The Morgan fingerprint density at radius 3 is 3.20 bits per heavy atom. The van der Waals surface area contributed by atoms with E-state index in [-0.39, 0.29) is 30.5 Å². The third kappa shape index (κ3) is 2.83. The number of aromatic nitrogens is 4. The third-order valence-corrected chi connectivity index (χ3v) is 3.69. The molecule has 9 nitrogen and oxygen atoms in total. The van der Waals surface area contributed by atoms with Crippen LogP contribution in [0.15, 0.2) is 6.33 Å². The lowest BCUT2D eigenvalue weighted by Gasteiger charge is -2.09. The topological polar surface area (TPSA) is 118 Å². The summed E-state index contributed by atoms with van der Waals surface area (Å²) in [5, 5.41) is 0.199. The van der Waals surface area contributed by atoms with E-state index in [2.05, 4.69) is 15.0 Å². The Morgan fingerprint density at radius 1 is 1.60 bits per heavy atom. The first-order valence-electron chi connectivity index (χ1n) is 5.64. The number of rotatable bonds is 4. The minimum absolute atomic E-state index is 0.0719. The number of nitrogens with zero attached hydrogens (tertiary/aromatic N) is 4. The number of fused-ring (bicyclic) bond motifs is 1. The van der Waals surface area contributed by atoms with Crippen molar-refractivity contribution in [2.24, 2.45) is 0 Å². The van der Waals surface area contributed by atoms with Crippen molar-refractivity contribution in [1.29, 1.82) is 0 Å². The molecule has 2 aromatic rings. The molecule has 0 bridgehead atoms. The van der Waals surface area contributed by atoms with Crippen LogP contribution in [0.2, 0.25) is 5.15 Å². The first-order valence-corrected chi connectivity index (χ1v) is 7.14.